The maximum absolute atomic E-state index is 14.2. The maximum atomic E-state index is 14.2. The highest BCUT2D eigenvalue weighted by Crippen LogP contribution is 2.35. The zero-order valence-corrected chi connectivity index (χ0v) is 22.0. The molecule has 4 rings (SSSR count). The molecule has 0 N–H and O–H groups in total. The number of carbonyl (C=O) groups excluding carboxylic acids is 1. The molecule has 6 nitrogen and oxygen atoms in total. The van der Waals surface area contributed by atoms with Crippen LogP contribution in [0.3, 0.4) is 0 Å². The smallest absolute Gasteiger partial charge is 0.226 e. The third kappa shape index (κ3) is 5.88. The van der Waals surface area contributed by atoms with E-state index in [4.69, 9.17) is 5.10 Å². The summed E-state index contributed by atoms with van der Waals surface area (Å²) in [5.41, 5.74) is 2.75. The van der Waals surface area contributed by atoms with Crippen LogP contribution >= 0.6 is 0 Å². The molecule has 2 aromatic rings. The Balaban J connectivity index is 1.69. The van der Waals surface area contributed by atoms with E-state index in [9.17, 15) is 9.18 Å². The predicted octanol–water partition coefficient (Wildman–Crippen LogP) is 5.17. The quantitative estimate of drug-likeness (QED) is 0.442. The topological polar surface area (TPSA) is 44.6 Å². The minimum Gasteiger partial charge on any atom is -0.354 e. The molecule has 0 spiro atoms. The molecule has 192 valence electrons. The Bertz CT molecular complexity index is 993. The molecule has 2 heterocycles. The highest BCUT2D eigenvalue weighted by atomic mass is 19.1. The van der Waals surface area contributed by atoms with E-state index in [0.717, 1.165) is 94.0 Å². The van der Waals surface area contributed by atoms with Crippen molar-refractivity contribution in [1.29, 1.82) is 0 Å². The summed E-state index contributed by atoms with van der Waals surface area (Å²) >= 11 is 0. The van der Waals surface area contributed by atoms with E-state index in [1.165, 1.54) is 6.07 Å². The number of piperazine rings is 1. The molecule has 7 heteroatoms. The molecule has 1 aromatic heterocycles. The molecule has 0 radical (unpaired) electrons. The fourth-order valence-electron chi connectivity index (χ4n) is 5.25. The Morgan fingerprint density at radius 3 is 2.51 bits per heavy atom. The second-order valence-corrected chi connectivity index (χ2v) is 10.1. The fourth-order valence-corrected chi connectivity index (χ4v) is 5.25. The van der Waals surface area contributed by atoms with Crippen molar-refractivity contribution in [2.75, 3.05) is 37.6 Å². The summed E-state index contributed by atoms with van der Waals surface area (Å²) in [6, 6.07) is 6.99. The number of halogens is 1. The molecule has 0 bridgehead atoms. The van der Waals surface area contributed by atoms with Crippen LogP contribution in [-0.4, -0.2) is 64.3 Å². The van der Waals surface area contributed by atoms with Gasteiger partial charge in [-0.05, 0) is 57.4 Å². The lowest BCUT2D eigenvalue weighted by Crippen LogP contribution is -2.47. The minimum atomic E-state index is -0.268. The number of carbonyl (C=O) groups is 1. The average Bonchev–Trinajstić information content (AvgIpc) is 3.66. The minimum absolute atomic E-state index is 0.0886. The Labute approximate surface area is 210 Å². The lowest BCUT2D eigenvalue weighted by molar-refractivity contribution is -0.137. The van der Waals surface area contributed by atoms with Gasteiger partial charge in [-0.3, -0.25) is 4.79 Å². The number of hydrogen-bond donors (Lipinski definition) is 0. The second-order valence-electron chi connectivity index (χ2n) is 10.1. The van der Waals surface area contributed by atoms with Crippen LogP contribution in [0.15, 0.2) is 24.3 Å². The molecule has 1 amide bonds. The molecule has 1 aliphatic heterocycles. The van der Waals surface area contributed by atoms with Crippen molar-refractivity contribution < 1.29 is 9.18 Å². The second kappa shape index (κ2) is 11.5. The zero-order valence-electron chi connectivity index (χ0n) is 22.0. The van der Waals surface area contributed by atoms with Gasteiger partial charge in [-0.15, -0.1) is 0 Å². The number of rotatable bonds is 11. The van der Waals surface area contributed by atoms with Gasteiger partial charge in [0.25, 0.3) is 0 Å². The van der Waals surface area contributed by atoms with Gasteiger partial charge in [0.1, 0.15) is 11.6 Å². The van der Waals surface area contributed by atoms with Gasteiger partial charge in [0.2, 0.25) is 5.91 Å². The molecular weight excluding hydrogens is 441 g/mol. The lowest BCUT2D eigenvalue weighted by Gasteiger charge is -2.36. The van der Waals surface area contributed by atoms with E-state index in [0.29, 0.717) is 18.5 Å². The zero-order chi connectivity index (χ0) is 24.9. The van der Waals surface area contributed by atoms with Crippen LogP contribution in [0.2, 0.25) is 0 Å². The van der Waals surface area contributed by atoms with E-state index in [-0.39, 0.29) is 11.7 Å². The van der Waals surface area contributed by atoms with Crippen LogP contribution in [0.5, 0.6) is 0 Å². The summed E-state index contributed by atoms with van der Waals surface area (Å²) in [6.45, 7) is 13.9. The Kier molecular flexibility index (Phi) is 8.47. The summed E-state index contributed by atoms with van der Waals surface area (Å²) in [7, 11) is 0. The molecule has 1 atom stereocenters. The number of unbranched alkanes of at least 4 members (excludes halogenated alkanes) is 1. The van der Waals surface area contributed by atoms with Gasteiger partial charge in [-0.25, -0.2) is 9.07 Å². The molecule has 1 aromatic carbocycles. The van der Waals surface area contributed by atoms with Gasteiger partial charge in [-0.1, -0.05) is 39.7 Å². The molecule has 1 saturated carbocycles. The summed E-state index contributed by atoms with van der Waals surface area (Å²) in [5, 5.41) is 4.90. The van der Waals surface area contributed by atoms with Gasteiger partial charge in [0, 0.05) is 43.7 Å². The summed E-state index contributed by atoms with van der Waals surface area (Å²) in [6.07, 6.45) is 6.21. The van der Waals surface area contributed by atoms with Crippen molar-refractivity contribution in [3.8, 4) is 5.69 Å². The van der Waals surface area contributed by atoms with Crippen LogP contribution in [0.1, 0.15) is 70.6 Å². The third-order valence-electron chi connectivity index (χ3n) is 7.68. The first-order chi connectivity index (χ1) is 17.0. The largest absolute Gasteiger partial charge is 0.354 e. The Morgan fingerprint density at radius 1 is 1.17 bits per heavy atom. The fraction of sp³-hybridized carbons (Fsp3) is 0.643. The number of likely N-dealkylation sites (N-methyl/N-ethyl adjacent to an activating group) is 1. The van der Waals surface area contributed by atoms with E-state index in [1.54, 1.807) is 12.1 Å². The van der Waals surface area contributed by atoms with E-state index < -0.39 is 0 Å². The van der Waals surface area contributed by atoms with E-state index >= 15 is 0 Å². The molecule has 1 saturated heterocycles. The number of amides is 1. The molecule has 35 heavy (non-hydrogen) atoms. The van der Waals surface area contributed by atoms with Gasteiger partial charge >= 0.3 is 0 Å². The number of benzene rings is 1. The SMILES string of the molecule is CCCCC(CC)C(=O)N(Cc1c(C)nn(-c2cccc(F)c2)c1N1CCN(CC)CC1)C1CC1. The van der Waals surface area contributed by atoms with E-state index in [2.05, 4.69) is 35.5 Å². The average molecular weight is 484 g/mol. The van der Waals surface area contributed by atoms with Crippen molar-refractivity contribution in [2.24, 2.45) is 5.92 Å². The Morgan fingerprint density at radius 2 is 1.91 bits per heavy atom. The van der Waals surface area contributed by atoms with Crippen LogP contribution in [0, 0.1) is 18.7 Å². The highest BCUT2D eigenvalue weighted by molar-refractivity contribution is 5.79. The predicted molar refractivity (Wildman–Crippen MR) is 139 cm³/mol. The first-order valence-corrected chi connectivity index (χ1v) is 13.6. The van der Waals surface area contributed by atoms with Crippen molar-refractivity contribution in [2.45, 2.75) is 78.8 Å². The lowest BCUT2D eigenvalue weighted by atomic mass is 9.97. The van der Waals surface area contributed by atoms with E-state index in [1.807, 2.05) is 17.7 Å². The summed E-state index contributed by atoms with van der Waals surface area (Å²) < 4.78 is 16.1. The maximum Gasteiger partial charge on any atom is 0.226 e. The van der Waals surface area contributed by atoms with Crippen LogP contribution in [0.25, 0.3) is 5.69 Å². The first kappa shape index (κ1) is 25.7. The standard InChI is InChI=1S/C28H42FN5O/c1-5-8-10-22(6-2)28(35)33(24-13-14-24)20-26-21(4)30-34(25-12-9-11-23(29)19-25)27(26)32-17-15-31(7-3)16-18-32/h9,11-12,19,22,24H,5-8,10,13-18,20H2,1-4H3. The van der Waals surface area contributed by atoms with Gasteiger partial charge in [0.15, 0.2) is 0 Å². The van der Waals surface area contributed by atoms with Gasteiger partial charge in [-0.2, -0.15) is 5.10 Å². The van der Waals surface area contributed by atoms with Gasteiger partial charge < -0.3 is 14.7 Å². The molecule has 1 unspecified atom stereocenters. The van der Waals surface area contributed by atoms with Crippen molar-refractivity contribution >= 4 is 11.7 Å². The summed E-state index contributed by atoms with van der Waals surface area (Å²) in [5.74, 6) is 1.13. The number of nitrogens with zero attached hydrogens (tertiary/aromatic N) is 5. The van der Waals surface area contributed by atoms with Crippen LogP contribution < -0.4 is 4.90 Å². The normalized spacial score (nSPS) is 17.6. The van der Waals surface area contributed by atoms with Crippen molar-refractivity contribution in [3.05, 3.63) is 41.3 Å². The monoisotopic (exact) mass is 483 g/mol. The number of anilines is 1. The molecular formula is C28H42FN5O. The number of aryl methyl sites for hydroxylation is 1. The van der Waals surface area contributed by atoms with Crippen LogP contribution in [-0.2, 0) is 11.3 Å². The third-order valence-corrected chi connectivity index (χ3v) is 7.68. The molecule has 1 aliphatic carbocycles. The van der Waals surface area contributed by atoms with Crippen molar-refractivity contribution in [3.63, 3.8) is 0 Å². The van der Waals surface area contributed by atoms with Crippen molar-refractivity contribution in [1.82, 2.24) is 19.6 Å². The highest BCUT2D eigenvalue weighted by Gasteiger charge is 2.37. The molecule has 2 fully saturated rings. The number of hydrogen-bond acceptors (Lipinski definition) is 4. The van der Waals surface area contributed by atoms with Crippen LogP contribution in [0.4, 0.5) is 10.2 Å². The summed E-state index contributed by atoms with van der Waals surface area (Å²) in [4.78, 5) is 20.7. The first-order valence-electron chi connectivity index (χ1n) is 13.6. The number of aromatic nitrogens is 2. The Hall–Kier alpha value is -2.41. The molecule has 2 aliphatic rings. The van der Waals surface area contributed by atoms with Gasteiger partial charge in [0.05, 0.1) is 17.9 Å².